The van der Waals surface area contributed by atoms with Gasteiger partial charge in [0.15, 0.2) is 0 Å². The van der Waals surface area contributed by atoms with Gasteiger partial charge in [0.05, 0.1) is 11.7 Å². The van der Waals surface area contributed by atoms with Crippen LogP contribution in [-0.4, -0.2) is 11.0 Å². The van der Waals surface area contributed by atoms with Crippen molar-refractivity contribution in [3.63, 3.8) is 0 Å². The summed E-state index contributed by atoms with van der Waals surface area (Å²) in [5.74, 6) is 0. The van der Waals surface area contributed by atoms with Crippen molar-refractivity contribution in [3.05, 3.63) is 48.3 Å². The smallest absolute Gasteiger partial charge is 0.115 e. The molecule has 21 heavy (non-hydrogen) atoms. The van der Waals surface area contributed by atoms with E-state index in [1.54, 1.807) is 0 Å². The number of hydrogen-bond acceptors (Lipinski definition) is 3. The molecule has 1 aromatic heterocycles. The van der Waals surface area contributed by atoms with Crippen LogP contribution >= 0.6 is 43.2 Å². The highest BCUT2D eigenvalue weighted by Gasteiger charge is 2.24. The molecule has 1 unspecified atom stereocenters. The zero-order valence-corrected chi connectivity index (χ0v) is 16.1. The molecule has 0 fully saturated rings. The second-order valence-electron chi connectivity index (χ2n) is 5.70. The van der Waals surface area contributed by atoms with Crippen molar-refractivity contribution in [1.29, 1.82) is 0 Å². The summed E-state index contributed by atoms with van der Waals surface area (Å²) in [7, 11) is 0. The number of halogens is 2. The average molecular weight is 430 g/mol. The maximum absolute atomic E-state index is 4.90. The molecule has 5 heteroatoms. The van der Waals surface area contributed by atoms with Crippen LogP contribution in [0, 0.1) is 0 Å². The molecule has 0 saturated carbocycles. The minimum atomic E-state index is 0.171. The van der Waals surface area contributed by atoms with E-state index >= 15 is 0 Å². The van der Waals surface area contributed by atoms with Gasteiger partial charge in [-0.2, -0.15) is 0 Å². The van der Waals surface area contributed by atoms with Gasteiger partial charge >= 0.3 is 0 Å². The molecule has 0 aliphatic heterocycles. The van der Waals surface area contributed by atoms with Crippen LogP contribution < -0.4 is 5.32 Å². The van der Waals surface area contributed by atoms with Crippen LogP contribution in [-0.2, 0) is 12.8 Å². The number of fused-ring (bicyclic) bond motifs is 1. The third kappa shape index (κ3) is 3.41. The van der Waals surface area contributed by atoms with E-state index in [4.69, 9.17) is 4.98 Å². The van der Waals surface area contributed by atoms with Gasteiger partial charge in [0, 0.05) is 19.9 Å². The first kappa shape index (κ1) is 15.7. The lowest BCUT2D eigenvalue weighted by Gasteiger charge is -2.20. The van der Waals surface area contributed by atoms with Gasteiger partial charge in [-0.15, -0.1) is 11.3 Å². The fraction of sp³-hybridized carbons (Fsp3) is 0.438. The topological polar surface area (TPSA) is 24.9 Å². The molecule has 3 rings (SSSR count). The first-order chi connectivity index (χ1) is 10.0. The van der Waals surface area contributed by atoms with Crippen LogP contribution in [0.4, 0.5) is 0 Å². The van der Waals surface area contributed by atoms with Crippen LogP contribution in [0.25, 0.3) is 0 Å². The van der Waals surface area contributed by atoms with E-state index in [1.165, 1.54) is 34.0 Å². The lowest BCUT2D eigenvalue weighted by Crippen LogP contribution is -2.29. The zero-order chi connectivity index (χ0) is 15.0. The molecule has 0 bridgehead atoms. The maximum Gasteiger partial charge on any atom is 0.115 e. The molecule has 1 aliphatic rings. The lowest BCUT2D eigenvalue weighted by molar-refractivity contribution is 0.526. The molecule has 0 radical (unpaired) electrons. The Labute approximate surface area is 146 Å². The summed E-state index contributed by atoms with van der Waals surface area (Å²) in [6.45, 7) is 4.37. The van der Waals surface area contributed by atoms with E-state index in [0.29, 0.717) is 6.04 Å². The van der Waals surface area contributed by atoms with Gasteiger partial charge in [-0.05, 0) is 82.7 Å². The number of nitrogens with zero attached hydrogens (tertiary/aromatic N) is 1. The third-order valence-electron chi connectivity index (χ3n) is 3.64. The van der Waals surface area contributed by atoms with Crippen LogP contribution in [0.15, 0.2) is 27.1 Å². The molecular formula is C16H18Br2N2S. The van der Waals surface area contributed by atoms with Gasteiger partial charge < -0.3 is 5.32 Å². The van der Waals surface area contributed by atoms with Crippen molar-refractivity contribution in [2.45, 2.75) is 45.2 Å². The molecule has 1 N–H and O–H groups in total. The summed E-state index contributed by atoms with van der Waals surface area (Å²) >= 11 is 9.02. The number of aromatic nitrogens is 1. The normalized spacial score (nSPS) is 15.5. The largest absolute Gasteiger partial charge is 0.302 e. The molecule has 1 heterocycles. The van der Waals surface area contributed by atoms with Crippen LogP contribution in [0.2, 0.25) is 0 Å². The molecule has 0 amide bonds. The third-order valence-corrected chi connectivity index (χ3v) is 6.74. The van der Waals surface area contributed by atoms with E-state index in [-0.39, 0.29) is 6.04 Å². The van der Waals surface area contributed by atoms with E-state index in [2.05, 4.69) is 69.2 Å². The molecule has 2 nitrogen and oxygen atoms in total. The Hall–Kier alpha value is -0.230. The average Bonchev–Trinajstić information content (AvgIpc) is 3.00. The summed E-state index contributed by atoms with van der Waals surface area (Å²) in [4.78, 5) is 6.38. The van der Waals surface area contributed by atoms with Crippen LogP contribution in [0.3, 0.4) is 0 Å². The summed E-state index contributed by atoms with van der Waals surface area (Å²) in [6, 6.07) is 7.02. The highest BCUT2D eigenvalue weighted by Crippen LogP contribution is 2.35. The number of benzene rings is 1. The van der Waals surface area contributed by atoms with Crippen molar-refractivity contribution < 1.29 is 0 Å². The van der Waals surface area contributed by atoms with E-state index in [9.17, 15) is 0 Å². The van der Waals surface area contributed by atoms with Gasteiger partial charge in [0.2, 0.25) is 0 Å². The molecule has 1 aromatic carbocycles. The number of hydrogen-bond donors (Lipinski definition) is 1. The maximum atomic E-state index is 4.90. The Morgan fingerprint density at radius 3 is 2.67 bits per heavy atom. The first-order valence-electron chi connectivity index (χ1n) is 7.24. The van der Waals surface area contributed by atoms with Crippen LogP contribution in [0.5, 0.6) is 0 Å². The Morgan fingerprint density at radius 1 is 1.19 bits per heavy atom. The summed E-state index contributed by atoms with van der Waals surface area (Å²) in [5, 5.41) is 4.86. The Morgan fingerprint density at radius 2 is 2.00 bits per heavy atom. The van der Waals surface area contributed by atoms with Crippen molar-refractivity contribution in [2.75, 3.05) is 0 Å². The van der Waals surface area contributed by atoms with Gasteiger partial charge in [0.25, 0.3) is 0 Å². The molecule has 2 aromatic rings. The standard InChI is InChI=1S/C16H18Br2N2S/c1-9(2)19-15(10-6-7-11(17)12(18)8-10)16-20-13-4-3-5-14(13)21-16/h6-9,15,19H,3-5H2,1-2H3. The zero-order valence-electron chi connectivity index (χ0n) is 12.1. The number of rotatable bonds is 4. The predicted octanol–water partition coefficient (Wildman–Crippen LogP) is 5.24. The minimum absolute atomic E-state index is 0.171. The SMILES string of the molecule is CC(C)NC(c1ccc(Br)c(Br)c1)c1nc2c(s1)CCC2. The Balaban J connectivity index is 1.98. The lowest BCUT2D eigenvalue weighted by atomic mass is 10.1. The second-order valence-corrected chi connectivity index (χ2v) is 8.53. The fourth-order valence-corrected chi connectivity index (χ4v) is 4.55. The summed E-state index contributed by atoms with van der Waals surface area (Å²) in [5.41, 5.74) is 2.58. The van der Waals surface area contributed by atoms with Crippen molar-refractivity contribution >= 4 is 43.2 Å². The fourth-order valence-electron chi connectivity index (χ4n) is 2.67. The van der Waals surface area contributed by atoms with Gasteiger partial charge in [-0.3, -0.25) is 0 Å². The number of thiazole rings is 1. The van der Waals surface area contributed by atoms with E-state index < -0.39 is 0 Å². The number of nitrogens with one attached hydrogen (secondary N) is 1. The van der Waals surface area contributed by atoms with E-state index in [0.717, 1.165) is 15.4 Å². The van der Waals surface area contributed by atoms with Crippen molar-refractivity contribution in [1.82, 2.24) is 10.3 Å². The first-order valence-corrected chi connectivity index (χ1v) is 9.64. The molecule has 0 spiro atoms. The van der Waals surface area contributed by atoms with Crippen molar-refractivity contribution in [3.8, 4) is 0 Å². The monoisotopic (exact) mass is 428 g/mol. The molecule has 1 aliphatic carbocycles. The minimum Gasteiger partial charge on any atom is -0.302 e. The Kier molecular flexibility index (Phi) is 4.84. The molecule has 112 valence electrons. The summed E-state index contributed by atoms with van der Waals surface area (Å²) in [6.07, 6.45) is 3.61. The second kappa shape index (κ2) is 6.49. The van der Waals surface area contributed by atoms with Crippen molar-refractivity contribution in [2.24, 2.45) is 0 Å². The van der Waals surface area contributed by atoms with Gasteiger partial charge in [-0.25, -0.2) is 4.98 Å². The number of aryl methyl sites for hydroxylation is 2. The van der Waals surface area contributed by atoms with E-state index in [1.807, 2.05) is 11.3 Å². The van der Waals surface area contributed by atoms with Gasteiger partial charge in [0.1, 0.15) is 5.01 Å². The van der Waals surface area contributed by atoms with Gasteiger partial charge in [-0.1, -0.05) is 6.07 Å². The Bertz CT molecular complexity index is 630. The predicted molar refractivity (Wildman–Crippen MR) is 96.1 cm³/mol. The highest BCUT2D eigenvalue weighted by molar-refractivity contribution is 9.13. The molecule has 1 atom stereocenters. The molecule has 0 saturated heterocycles. The summed E-state index contributed by atoms with van der Waals surface area (Å²) < 4.78 is 2.16. The molecular weight excluding hydrogens is 412 g/mol. The highest BCUT2D eigenvalue weighted by atomic mass is 79.9. The quantitative estimate of drug-likeness (QED) is 0.718. The van der Waals surface area contributed by atoms with Crippen LogP contribution in [0.1, 0.15) is 47.5 Å².